The molecule has 0 aliphatic carbocycles. The van der Waals surface area contributed by atoms with Gasteiger partial charge in [-0.2, -0.15) is 0 Å². The smallest absolute Gasteiger partial charge is 0.226 e. The van der Waals surface area contributed by atoms with Gasteiger partial charge in [0.15, 0.2) is 0 Å². The predicted octanol–water partition coefficient (Wildman–Crippen LogP) is 8.59. The van der Waals surface area contributed by atoms with Gasteiger partial charge in [0.05, 0.1) is 0 Å². The van der Waals surface area contributed by atoms with Crippen molar-refractivity contribution in [1.82, 2.24) is 15.1 Å². The number of amides is 1. The number of benzene rings is 1. The number of nitrogens with zero attached hydrogens (tertiary/aromatic N) is 3. The topological polar surface area (TPSA) is 70.1 Å². The van der Waals surface area contributed by atoms with Gasteiger partial charge in [0, 0.05) is 32.1 Å². The van der Waals surface area contributed by atoms with Crippen LogP contribution in [0.15, 0.2) is 42.5 Å². The normalized spacial score (nSPS) is 14.7. The standard InChI is InChI=1S/C32H51N5OS/c1-2-3-4-5-6-7-8-9-10-11-12-13-14-15-19-22-30(38)34-32-36-35-31(39-32)33-29-23-25-37(26-24-29)27-28-20-17-16-18-21-28/h9-10,16-18,20-21,29H,2-8,11-15,19,22-27H2,1H3,(H,33,35)(H,34,36,38). The van der Waals surface area contributed by atoms with Gasteiger partial charge in [0.1, 0.15) is 0 Å². The highest BCUT2D eigenvalue weighted by Crippen LogP contribution is 2.24. The molecule has 2 N–H and O–H groups in total. The quantitative estimate of drug-likeness (QED) is 0.127. The van der Waals surface area contributed by atoms with Gasteiger partial charge in [-0.25, -0.2) is 0 Å². The molecular formula is C32H51N5OS. The number of aromatic nitrogens is 2. The van der Waals surface area contributed by atoms with Gasteiger partial charge >= 0.3 is 0 Å². The highest BCUT2D eigenvalue weighted by molar-refractivity contribution is 7.19. The summed E-state index contributed by atoms with van der Waals surface area (Å²) in [5.74, 6) is 0.0459. The van der Waals surface area contributed by atoms with Crippen molar-refractivity contribution in [3.05, 3.63) is 48.0 Å². The van der Waals surface area contributed by atoms with E-state index in [0.29, 0.717) is 17.6 Å². The fraction of sp³-hybridized carbons (Fsp3) is 0.656. The summed E-state index contributed by atoms with van der Waals surface area (Å²) in [6.07, 6.45) is 23.9. The molecule has 3 rings (SSSR count). The predicted molar refractivity (Wildman–Crippen MR) is 166 cm³/mol. The summed E-state index contributed by atoms with van der Waals surface area (Å²) in [4.78, 5) is 14.8. The first-order valence-electron chi connectivity index (χ1n) is 15.5. The Labute approximate surface area is 241 Å². The first-order chi connectivity index (χ1) is 19.2. The van der Waals surface area contributed by atoms with Crippen molar-refractivity contribution in [2.75, 3.05) is 23.7 Å². The van der Waals surface area contributed by atoms with Crippen LogP contribution in [-0.2, 0) is 11.3 Å². The molecule has 0 saturated carbocycles. The number of hydrogen-bond donors (Lipinski definition) is 2. The van der Waals surface area contributed by atoms with E-state index in [1.54, 1.807) is 0 Å². The highest BCUT2D eigenvalue weighted by Gasteiger charge is 2.20. The van der Waals surface area contributed by atoms with Gasteiger partial charge in [-0.15, -0.1) is 10.2 Å². The Morgan fingerprint density at radius 1 is 0.872 bits per heavy atom. The number of hydrogen-bond acceptors (Lipinski definition) is 6. The van der Waals surface area contributed by atoms with Crippen molar-refractivity contribution >= 4 is 27.5 Å². The fourth-order valence-electron chi connectivity index (χ4n) is 5.12. The SMILES string of the molecule is CCCCCCCCC=CCCCCCCCC(=O)Nc1nnc(NC2CCN(Cc3ccccc3)CC2)s1. The van der Waals surface area contributed by atoms with E-state index in [4.69, 9.17) is 0 Å². The molecule has 1 aliphatic heterocycles. The molecular weight excluding hydrogens is 502 g/mol. The average Bonchev–Trinajstić information content (AvgIpc) is 3.39. The van der Waals surface area contributed by atoms with Gasteiger partial charge < -0.3 is 10.6 Å². The Hall–Kier alpha value is -2.25. The Bertz CT molecular complexity index is 924. The van der Waals surface area contributed by atoms with Crippen LogP contribution in [0.25, 0.3) is 0 Å². The molecule has 7 heteroatoms. The van der Waals surface area contributed by atoms with E-state index in [2.05, 4.69) is 75.1 Å². The average molecular weight is 554 g/mol. The van der Waals surface area contributed by atoms with Crippen LogP contribution >= 0.6 is 11.3 Å². The maximum atomic E-state index is 12.3. The minimum atomic E-state index is 0.0459. The van der Waals surface area contributed by atoms with E-state index in [-0.39, 0.29) is 5.91 Å². The first kappa shape index (κ1) is 31.3. The Balaban J connectivity index is 1.16. The van der Waals surface area contributed by atoms with E-state index in [0.717, 1.165) is 50.4 Å². The molecule has 2 heterocycles. The minimum absolute atomic E-state index is 0.0459. The lowest BCUT2D eigenvalue weighted by atomic mass is 10.0. The van der Waals surface area contributed by atoms with Crippen LogP contribution < -0.4 is 10.6 Å². The lowest BCUT2D eigenvalue weighted by molar-refractivity contribution is -0.116. The van der Waals surface area contributed by atoms with E-state index in [1.165, 1.54) is 87.5 Å². The van der Waals surface area contributed by atoms with E-state index in [1.807, 2.05) is 0 Å². The van der Waals surface area contributed by atoms with Crippen LogP contribution in [-0.4, -0.2) is 40.1 Å². The van der Waals surface area contributed by atoms with Crippen LogP contribution in [0.5, 0.6) is 0 Å². The number of nitrogens with one attached hydrogen (secondary N) is 2. The van der Waals surface area contributed by atoms with Gasteiger partial charge in [0.2, 0.25) is 16.2 Å². The molecule has 0 bridgehead atoms. The van der Waals surface area contributed by atoms with Crippen LogP contribution in [0, 0.1) is 0 Å². The maximum absolute atomic E-state index is 12.3. The second-order valence-electron chi connectivity index (χ2n) is 11.0. The molecule has 2 aromatic rings. The summed E-state index contributed by atoms with van der Waals surface area (Å²) < 4.78 is 0. The van der Waals surface area contributed by atoms with Gasteiger partial charge in [0.25, 0.3) is 0 Å². The lowest BCUT2D eigenvalue weighted by Crippen LogP contribution is -2.38. The zero-order valence-electron chi connectivity index (χ0n) is 24.2. The first-order valence-corrected chi connectivity index (χ1v) is 16.4. The number of rotatable bonds is 20. The lowest BCUT2D eigenvalue weighted by Gasteiger charge is -2.32. The van der Waals surface area contributed by atoms with Gasteiger partial charge in [-0.3, -0.25) is 9.69 Å². The minimum Gasteiger partial charge on any atom is -0.357 e. The van der Waals surface area contributed by atoms with Gasteiger partial charge in [-0.1, -0.05) is 112 Å². The molecule has 0 unspecified atom stereocenters. The van der Waals surface area contributed by atoms with Gasteiger partial charge in [-0.05, 0) is 50.5 Å². The number of unbranched alkanes of at least 4 members (excludes halogenated alkanes) is 11. The molecule has 1 saturated heterocycles. The number of piperidine rings is 1. The third-order valence-electron chi connectivity index (χ3n) is 7.50. The molecule has 1 amide bonds. The van der Waals surface area contributed by atoms with E-state index >= 15 is 0 Å². The fourth-order valence-corrected chi connectivity index (χ4v) is 5.86. The van der Waals surface area contributed by atoms with E-state index < -0.39 is 0 Å². The molecule has 1 aromatic carbocycles. The Morgan fingerprint density at radius 2 is 1.49 bits per heavy atom. The van der Waals surface area contributed by atoms with Crippen LogP contribution in [0.3, 0.4) is 0 Å². The van der Waals surface area contributed by atoms with Crippen LogP contribution in [0.1, 0.15) is 115 Å². The summed E-state index contributed by atoms with van der Waals surface area (Å²) in [5, 5.41) is 16.3. The van der Waals surface area contributed by atoms with Crippen molar-refractivity contribution in [3.8, 4) is 0 Å². The molecule has 39 heavy (non-hydrogen) atoms. The number of allylic oxidation sites excluding steroid dienone is 2. The number of carbonyl (C=O) groups is 1. The second-order valence-corrected chi connectivity index (χ2v) is 12.0. The van der Waals surface area contributed by atoms with Crippen molar-refractivity contribution < 1.29 is 4.79 Å². The van der Waals surface area contributed by atoms with E-state index in [9.17, 15) is 4.79 Å². The summed E-state index contributed by atoms with van der Waals surface area (Å²) in [5.41, 5.74) is 1.37. The zero-order chi connectivity index (χ0) is 27.4. The zero-order valence-corrected chi connectivity index (χ0v) is 25.0. The second kappa shape index (κ2) is 19.8. The molecule has 1 aliphatic rings. The van der Waals surface area contributed by atoms with Crippen molar-refractivity contribution in [3.63, 3.8) is 0 Å². The summed E-state index contributed by atoms with van der Waals surface area (Å²) in [6.45, 7) is 5.43. The molecule has 1 fully saturated rings. The van der Waals surface area contributed by atoms with Crippen molar-refractivity contribution in [2.45, 2.75) is 122 Å². The molecule has 6 nitrogen and oxygen atoms in total. The molecule has 0 spiro atoms. The number of carbonyl (C=O) groups excluding carboxylic acids is 1. The third-order valence-corrected chi connectivity index (χ3v) is 8.27. The monoisotopic (exact) mass is 553 g/mol. The summed E-state index contributed by atoms with van der Waals surface area (Å²) >= 11 is 1.44. The van der Waals surface area contributed by atoms with Crippen LogP contribution in [0.2, 0.25) is 0 Å². The summed E-state index contributed by atoms with van der Waals surface area (Å²) in [6, 6.07) is 11.1. The maximum Gasteiger partial charge on any atom is 0.226 e. The highest BCUT2D eigenvalue weighted by atomic mass is 32.1. The number of anilines is 2. The van der Waals surface area contributed by atoms with Crippen molar-refractivity contribution in [2.24, 2.45) is 0 Å². The summed E-state index contributed by atoms with van der Waals surface area (Å²) in [7, 11) is 0. The molecule has 0 radical (unpaired) electrons. The Kier molecular flexibility index (Phi) is 15.8. The number of likely N-dealkylation sites (tertiary alicyclic amines) is 1. The molecule has 216 valence electrons. The largest absolute Gasteiger partial charge is 0.357 e. The Morgan fingerprint density at radius 3 is 2.18 bits per heavy atom. The molecule has 1 aromatic heterocycles. The van der Waals surface area contributed by atoms with Crippen molar-refractivity contribution in [1.29, 1.82) is 0 Å². The third kappa shape index (κ3) is 14.1. The van der Waals surface area contributed by atoms with Crippen LogP contribution in [0.4, 0.5) is 10.3 Å². The molecule has 0 atom stereocenters.